The molecule has 0 fully saturated rings. The van der Waals surface area contributed by atoms with Gasteiger partial charge in [-0.2, -0.15) is 5.10 Å². The molecule has 0 spiro atoms. The SMILES string of the molecule is Cc1ccc(-c2cc(C(=O)NCc3ccncc3)n(-c3cccc([N+](=O)[O-])c3)n2)cc1C. The molecule has 0 saturated carbocycles. The zero-order chi connectivity index (χ0) is 22.7. The van der Waals surface area contributed by atoms with Gasteiger partial charge in [0.25, 0.3) is 11.6 Å². The number of nitro benzene ring substituents is 1. The number of nitro groups is 1. The lowest BCUT2D eigenvalue weighted by molar-refractivity contribution is -0.384. The van der Waals surface area contributed by atoms with Gasteiger partial charge in [0.05, 0.1) is 16.3 Å². The fourth-order valence-electron chi connectivity index (χ4n) is 3.29. The van der Waals surface area contributed by atoms with Crippen molar-refractivity contribution in [1.29, 1.82) is 0 Å². The van der Waals surface area contributed by atoms with Crippen LogP contribution < -0.4 is 5.32 Å². The van der Waals surface area contributed by atoms with Crippen LogP contribution in [0.25, 0.3) is 16.9 Å². The number of non-ortho nitro benzene ring substituents is 1. The number of aromatic nitrogens is 3. The van der Waals surface area contributed by atoms with Crippen molar-refractivity contribution >= 4 is 11.6 Å². The Kier molecular flexibility index (Phi) is 5.76. The number of nitrogens with zero attached hydrogens (tertiary/aromatic N) is 4. The van der Waals surface area contributed by atoms with Crippen LogP contribution in [0.3, 0.4) is 0 Å². The fourth-order valence-corrected chi connectivity index (χ4v) is 3.29. The highest BCUT2D eigenvalue weighted by atomic mass is 16.6. The van der Waals surface area contributed by atoms with Crippen LogP contribution in [-0.2, 0) is 6.54 Å². The molecule has 0 bridgehead atoms. The smallest absolute Gasteiger partial charge is 0.271 e. The molecule has 0 aliphatic rings. The average Bonchev–Trinajstić information content (AvgIpc) is 3.26. The summed E-state index contributed by atoms with van der Waals surface area (Å²) in [5.74, 6) is -0.337. The van der Waals surface area contributed by atoms with E-state index in [1.165, 1.54) is 16.8 Å². The van der Waals surface area contributed by atoms with Gasteiger partial charge in [0.2, 0.25) is 0 Å². The van der Waals surface area contributed by atoms with E-state index in [2.05, 4.69) is 15.4 Å². The van der Waals surface area contributed by atoms with Crippen molar-refractivity contribution in [3.63, 3.8) is 0 Å². The zero-order valence-corrected chi connectivity index (χ0v) is 17.6. The van der Waals surface area contributed by atoms with E-state index >= 15 is 0 Å². The Bertz CT molecular complexity index is 1300. The molecular formula is C24H21N5O3. The summed E-state index contributed by atoms with van der Waals surface area (Å²) in [7, 11) is 0. The van der Waals surface area contributed by atoms with Gasteiger partial charge in [0.1, 0.15) is 5.69 Å². The molecule has 2 heterocycles. The summed E-state index contributed by atoms with van der Waals surface area (Å²) in [6.45, 7) is 4.36. The normalized spacial score (nSPS) is 10.7. The molecule has 1 N–H and O–H groups in total. The topological polar surface area (TPSA) is 103 Å². The number of carbonyl (C=O) groups excluding carboxylic acids is 1. The molecule has 4 rings (SSSR count). The molecule has 8 heteroatoms. The van der Waals surface area contributed by atoms with Gasteiger partial charge < -0.3 is 5.32 Å². The van der Waals surface area contributed by atoms with Crippen molar-refractivity contribution in [3.05, 3.63) is 106 Å². The molecular weight excluding hydrogens is 406 g/mol. The predicted molar refractivity (Wildman–Crippen MR) is 121 cm³/mol. The minimum absolute atomic E-state index is 0.0751. The van der Waals surface area contributed by atoms with Gasteiger partial charge in [-0.1, -0.05) is 18.2 Å². The van der Waals surface area contributed by atoms with Crippen LogP contribution in [0.4, 0.5) is 5.69 Å². The molecule has 0 saturated heterocycles. The van der Waals surface area contributed by atoms with Gasteiger partial charge in [-0.25, -0.2) is 4.68 Å². The van der Waals surface area contributed by atoms with E-state index < -0.39 is 4.92 Å². The Morgan fingerprint density at radius 2 is 1.81 bits per heavy atom. The molecule has 4 aromatic rings. The first-order valence-electron chi connectivity index (χ1n) is 10.0. The molecule has 0 aliphatic carbocycles. The fraction of sp³-hybridized carbons (Fsp3) is 0.125. The third kappa shape index (κ3) is 4.39. The molecule has 1 amide bonds. The number of rotatable bonds is 6. The average molecular weight is 427 g/mol. The highest BCUT2D eigenvalue weighted by Gasteiger charge is 2.19. The Morgan fingerprint density at radius 1 is 1.03 bits per heavy atom. The summed E-state index contributed by atoms with van der Waals surface area (Å²) in [6.07, 6.45) is 3.32. The van der Waals surface area contributed by atoms with Crippen LogP contribution in [0.15, 0.2) is 73.1 Å². The minimum Gasteiger partial charge on any atom is -0.347 e. The quantitative estimate of drug-likeness (QED) is 0.363. The minimum atomic E-state index is -0.472. The van der Waals surface area contributed by atoms with E-state index in [0.717, 1.165) is 22.3 Å². The number of aryl methyl sites for hydroxylation is 2. The molecule has 8 nitrogen and oxygen atoms in total. The Balaban J connectivity index is 1.75. The standard InChI is InChI=1S/C24H21N5O3/c1-16-6-7-19(12-17(16)2)22-14-23(24(30)26-15-18-8-10-25-11-9-18)28(27-22)20-4-3-5-21(13-20)29(31)32/h3-14H,15H2,1-2H3,(H,26,30). The molecule has 0 atom stereocenters. The number of carbonyl (C=O) groups is 1. The second kappa shape index (κ2) is 8.81. The van der Waals surface area contributed by atoms with Gasteiger partial charge in [-0.15, -0.1) is 0 Å². The lowest BCUT2D eigenvalue weighted by Crippen LogP contribution is -2.25. The zero-order valence-electron chi connectivity index (χ0n) is 17.6. The van der Waals surface area contributed by atoms with Crippen LogP contribution >= 0.6 is 0 Å². The highest BCUT2D eigenvalue weighted by Crippen LogP contribution is 2.25. The summed E-state index contributed by atoms with van der Waals surface area (Å²) < 4.78 is 1.44. The van der Waals surface area contributed by atoms with E-state index in [1.54, 1.807) is 30.6 Å². The largest absolute Gasteiger partial charge is 0.347 e. The predicted octanol–water partition coefficient (Wildman–Crippen LogP) is 4.39. The van der Waals surface area contributed by atoms with Crippen molar-refractivity contribution in [3.8, 4) is 16.9 Å². The molecule has 32 heavy (non-hydrogen) atoms. The van der Waals surface area contributed by atoms with Gasteiger partial charge in [-0.3, -0.25) is 19.9 Å². The maximum absolute atomic E-state index is 13.1. The monoisotopic (exact) mass is 427 g/mol. The number of pyridine rings is 1. The maximum atomic E-state index is 13.1. The molecule has 160 valence electrons. The lowest BCUT2D eigenvalue weighted by atomic mass is 10.0. The van der Waals surface area contributed by atoms with E-state index in [1.807, 2.05) is 44.2 Å². The van der Waals surface area contributed by atoms with Crippen LogP contribution in [0.5, 0.6) is 0 Å². The lowest BCUT2D eigenvalue weighted by Gasteiger charge is -2.08. The molecule has 0 unspecified atom stereocenters. The summed E-state index contributed by atoms with van der Waals surface area (Å²) in [6, 6.07) is 17.3. The Morgan fingerprint density at radius 3 is 2.53 bits per heavy atom. The van der Waals surface area contributed by atoms with Crippen molar-refractivity contribution in [2.75, 3.05) is 0 Å². The number of amides is 1. The number of hydrogen-bond acceptors (Lipinski definition) is 5. The summed E-state index contributed by atoms with van der Waals surface area (Å²) in [5, 5.41) is 18.8. The Labute approximate surface area is 184 Å². The third-order valence-electron chi connectivity index (χ3n) is 5.23. The van der Waals surface area contributed by atoms with Gasteiger partial charge in [0, 0.05) is 36.6 Å². The van der Waals surface area contributed by atoms with E-state index in [9.17, 15) is 14.9 Å². The highest BCUT2D eigenvalue weighted by molar-refractivity contribution is 5.94. The first kappa shape index (κ1) is 20.9. The molecule has 0 aliphatic heterocycles. The van der Waals surface area contributed by atoms with Crippen molar-refractivity contribution < 1.29 is 9.72 Å². The van der Waals surface area contributed by atoms with Crippen LogP contribution in [0, 0.1) is 24.0 Å². The van der Waals surface area contributed by atoms with E-state index in [4.69, 9.17) is 0 Å². The van der Waals surface area contributed by atoms with Gasteiger partial charge >= 0.3 is 0 Å². The van der Waals surface area contributed by atoms with E-state index in [-0.39, 0.29) is 17.3 Å². The summed E-state index contributed by atoms with van der Waals surface area (Å²) in [4.78, 5) is 27.8. The van der Waals surface area contributed by atoms with Crippen molar-refractivity contribution in [1.82, 2.24) is 20.1 Å². The van der Waals surface area contributed by atoms with Gasteiger partial charge in [0.15, 0.2) is 0 Å². The molecule has 2 aromatic heterocycles. The summed E-state index contributed by atoms with van der Waals surface area (Å²) >= 11 is 0. The molecule has 0 radical (unpaired) electrons. The number of hydrogen-bond donors (Lipinski definition) is 1. The maximum Gasteiger partial charge on any atom is 0.271 e. The second-order valence-electron chi connectivity index (χ2n) is 7.44. The summed E-state index contributed by atoms with van der Waals surface area (Å²) in [5.41, 5.74) is 5.28. The molecule has 2 aromatic carbocycles. The first-order valence-corrected chi connectivity index (χ1v) is 10.0. The van der Waals surface area contributed by atoms with E-state index in [0.29, 0.717) is 17.9 Å². The third-order valence-corrected chi connectivity index (χ3v) is 5.23. The van der Waals surface area contributed by atoms with Gasteiger partial charge in [-0.05, 0) is 60.9 Å². The van der Waals surface area contributed by atoms with Crippen molar-refractivity contribution in [2.45, 2.75) is 20.4 Å². The van der Waals surface area contributed by atoms with Crippen LogP contribution in [0.1, 0.15) is 27.2 Å². The number of benzene rings is 2. The number of nitrogens with one attached hydrogen (secondary N) is 1. The van der Waals surface area contributed by atoms with Crippen LogP contribution in [0.2, 0.25) is 0 Å². The van der Waals surface area contributed by atoms with Crippen LogP contribution in [-0.4, -0.2) is 25.6 Å². The van der Waals surface area contributed by atoms with Crippen molar-refractivity contribution in [2.24, 2.45) is 0 Å². The second-order valence-corrected chi connectivity index (χ2v) is 7.44. The Hall–Kier alpha value is -4.33. The first-order chi connectivity index (χ1) is 15.4.